The summed E-state index contributed by atoms with van der Waals surface area (Å²) in [5.41, 5.74) is -0.867. The van der Waals surface area contributed by atoms with Crippen molar-refractivity contribution in [2.24, 2.45) is 0 Å². The highest BCUT2D eigenvalue weighted by Crippen LogP contribution is 2.28. The first kappa shape index (κ1) is 15.6. The first-order valence-electron chi connectivity index (χ1n) is 5.33. The van der Waals surface area contributed by atoms with E-state index in [2.05, 4.69) is 0 Å². The summed E-state index contributed by atoms with van der Waals surface area (Å²) >= 11 is 0.828. The van der Waals surface area contributed by atoms with Crippen molar-refractivity contribution in [3.63, 3.8) is 0 Å². The van der Waals surface area contributed by atoms with Gasteiger partial charge in [0.15, 0.2) is 0 Å². The highest BCUT2D eigenvalue weighted by molar-refractivity contribution is 7.91. The van der Waals surface area contributed by atoms with Crippen LogP contribution in [-0.4, -0.2) is 35.9 Å². The zero-order valence-electron chi connectivity index (χ0n) is 10.7. The summed E-state index contributed by atoms with van der Waals surface area (Å²) in [7, 11) is -3.92. The summed E-state index contributed by atoms with van der Waals surface area (Å²) in [4.78, 5) is 11.1. The Labute approximate surface area is 115 Å². The zero-order valence-corrected chi connectivity index (χ0v) is 12.4. The molecule has 0 aromatic carbocycles. The summed E-state index contributed by atoms with van der Waals surface area (Å²) in [5, 5.41) is 17.6. The number of nitrogens with zero attached hydrogens (tertiary/aromatic N) is 2. The van der Waals surface area contributed by atoms with Crippen LogP contribution in [0.4, 0.5) is 0 Å². The second-order valence-corrected chi connectivity index (χ2v) is 7.98. The number of carbonyl (C=O) groups is 1. The number of carboxylic acids is 1. The zero-order chi connectivity index (χ0) is 14.8. The van der Waals surface area contributed by atoms with E-state index in [1.165, 1.54) is 12.1 Å². The Balaban J connectivity index is 3.28. The third-order valence-corrected chi connectivity index (χ3v) is 5.83. The van der Waals surface area contributed by atoms with Crippen molar-refractivity contribution < 1.29 is 18.3 Å². The number of hydrogen-bond donors (Lipinski definition) is 1. The van der Waals surface area contributed by atoms with Gasteiger partial charge in [-0.25, -0.2) is 8.42 Å². The molecule has 0 amide bonds. The molecule has 0 fully saturated rings. The molecule has 0 saturated carbocycles. The summed E-state index contributed by atoms with van der Waals surface area (Å²) in [6.45, 7) is 4.23. The molecule has 8 heteroatoms. The Morgan fingerprint density at radius 1 is 1.47 bits per heavy atom. The van der Waals surface area contributed by atoms with Gasteiger partial charge in [-0.15, -0.1) is 11.3 Å². The molecule has 0 aliphatic carbocycles. The largest absolute Gasteiger partial charge is 0.480 e. The average Bonchev–Trinajstić information content (AvgIpc) is 2.73. The standard InChI is InChI=1S/C11H14N2O4S2/c1-11(2,3)13(7-9(14)15)19(16,17)10-5-4-8(6-12)18-10/h4-5H,7H2,1-3H3,(H,14,15). The van der Waals surface area contributed by atoms with Crippen LogP contribution < -0.4 is 0 Å². The third kappa shape index (κ3) is 3.53. The number of rotatable bonds is 4. The summed E-state index contributed by atoms with van der Waals surface area (Å²) in [5.74, 6) is -1.23. The molecule has 1 aromatic rings. The molecule has 0 spiro atoms. The van der Waals surface area contributed by atoms with Crippen LogP contribution in [0.2, 0.25) is 0 Å². The van der Waals surface area contributed by atoms with E-state index >= 15 is 0 Å². The van der Waals surface area contributed by atoms with Crippen molar-refractivity contribution in [3.05, 3.63) is 17.0 Å². The van der Waals surface area contributed by atoms with Crippen LogP contribution in [0, 0.1) is 11.3 Å². The van der Waals surface area contributed by atoms with E-state index in [1.807, 2.05) is 6.07 Å². The predicted molar refractivity (Wildman–Crippen MR) is 70.3 cm³/mol. The van der Waals surface area contributed by atoms with Crippen molar-refractivity contribution in [2.75, 3.05) is 6.54 Å². The van der Waals surface area contributed by atoms with E-state index in [4.69, 9.17) is 10.4 Å². The van der Waals surface area contributed by atoms with Gasteiger partial charge in [-0.3, -0.25) is 4.79 Å². The number of carboxylic acid groups (broad SMARTS) is 1. The van der Waals surface area contributed by atoms with Gasteiger partial charge in [0.05, 0.1) is 0 Å². The molecule has 1 rings (SSSR count). The molecule has 0 radical (unpaired) electrons. The number of hydrogen-bond acceptors (Lipinski definition) is 5. The van der Waals surface area contributed by atoms with Gasteiger partial charge in [0.25, 0.3) is 10.0 Å². The van der Waals surface area contributed by atoms with Crippen LogP contribution >= 0.6 is 11.3 Å². The van der Waals surface area contributed by atoms with Crippen molar-refractivity contribution in [1.82, 2.24) is 4.31 Å². The molecule has 0 unspecified atom stereocenters. The highest BCUT2D eigenvalue weighted by atomic mass is 32.2. The van der Waals surface area contributed by atoms with E-state index in [-0.39, 0.29) is 9.09 Å². The van der Waals surface area contributed by atoms with Crippen LogP contribution in [0.15, 0.2) is 16.3 Å². The Morgan fingerprint density at radius 2 is 2.05 bits per heavy atom. The molecule has 6 nitrogen and oxygen atoms in total. The van der Waals surface area contributed by atoms with E-state index in [1.54, 1.807) is 20.8 Å². The van der Waals surface area contributed by atoms with Crippen LogP contribution in [0.5, 0.6) is 0 Å². The molecule has 0 aliphatic rings. The third-order valence-electron chi connectivity index (χ3n) is 2.26. The fourth-order valence-electron chi connectivity index (χ4n) is 1.43. The predicted octanol–water partition coefficient (Wildman–Crippen LogP) is 1.49. The molecule has 19 heavy (non-hydrogen) atoms. The Hall–Kier alpha value is -1.43. The molecule has 1 N–H and O–H groups in total. The maximum absolute atomic E-state index is 12.4. The van der Waals surface area contributed by atoms with Crippen LogP contribution in [0.25, 0.3) is 0 Å². The number of sulfonamides is 1. The van der Waals surface area contributed by atoms with Gasteiger partial charge in [0.2, 0.25) is 0 Å². The second-order valence-electron chi connectivity index (χ2n) is 4.81. The minimum atomic E-state index is -3.92. The monoisotopic (exact) mass is 302 g/mol. The van der Waals surface area contributed by atoms with Crippen molar-refractivity contribution >= 4 is 27.3 Å². The van der Waals surface area contributed by atoms with Gasteiger partial charge in [0, 0.05) is 5.54 Å². The number of aliphatic carboxylic acids is 1. The summed E-state index contributed by atoms with van der Waals surface area (Å²) in [6, 6.07) is 4.58. The van der Waals surface area contributed by atoms with Crippen LogP contribution in [0.1, 0.15) is 25.6 Å². The Bertz CT molecular complexity index is 620. The molecule has 1 heterocycles. The van der Waals surface area contributed by atoms with Crippen LogP contribution in [0.3, 0.4) is 0 Å². The molecule has 0 saturated heterocycles. The fourth-order valence-corrected chi connectivity index (χ4v) is 4.39. The lowest BCUT2D eigenvalue weighted by Gasteiger charge is -2.32. The second kappa shape index (κ2) is 5.28. The number of thiophene rings is 1. The molecular formula is C11H14N2O4S2. The maximum Gasteiger partial charge on any atom is 0.318 e. The number of nitriles is 1. The summed E-state index contributed by atoms with van der Waals surface area (Å²) in [6.07, 6.45) is 0. The van der Waals surface area contributed by atoms with Gasteiger partial charge < -0.3 is 5.11 Å². The van der Waals surface area contributed by atoms with E-state index < -0.39 is 28.1 Å². The molecule has 1 aromatic heterocycles. The van der Waals surface area contributed by atoms with Gasteiger partial charge in [-0.2, -0.15) is 9.57 Å². The molecular weight excluding hydrogens is 288 g/mol. The first-order valence-corrected chi connectivity index (χ1v) is 7.59. The van der Waals surface area contributed by atoms with Gasteiger partial charge in [-0.05, 0) is 32.9 Å². The van der Waals surface area contributed by atoms with E-state index in [0.717, 1.165) is 15.6 Å². The first-order chi connectivity index (χ1) is 8.59. The molecule has 0 atom stereocenters. The summed E-state index contributed by atoms with van der Waals surface area (Å²) < 4.78 is 25.7. The SMILES string of the molecule is CC(C)(C)N(CC(=O)O)S(=O)(=O)c1ccc(C#N)s1. The molecule has 0 bridgehead atoms. The Kier molecular flexibility index (Phi) is 4.35. The van der Waals surface area contributed by atoms with Crippen molar-refractivity contribution in [1.29, 1.82) is 5.26 Å². The lowest BCUT2D eigenvalue weighted by Crippen LogP contribution is -2.47. The van der Waals surface area contributed by atoms with Gasteiger partial charge in [-0.1, -0.05) is 0 Å². The Morgan fingerprint density at radius 3 is 2.42 bits per heavy atom. The lowest BCUT2D eigenvalue weighted by atomic mass is 10.1. The minimum Gasteiger partial charge on any atom is -0.480 e. The fraction of sp³-hybridized carbons (Fsp3) is 0.455. The molecule has 0 aliphatic heterocycles. The highest BCUT2D eigenvalue weighted by Gasteiger charge is 2.36. The smallest absolute Gasteiger partial charge is 0.318 e. The normalized spacial score (nSPS) is 12.4. The topological polar surface area (TPSA) is 98.5 Å². The minimum absolute atomic E-state index is 0.0276. The van der Waals surface area contributed by atoms with E-state index in [9.17, 15) is 13.2 Å². The quantitative estimate of drug-likeness (QED) is 0.908. The lowest BCUT2D eigenvalue weighted by molar-refractivity contribution is -0.138. The van der Waals surface area contributed by atoms with Gasteiger partial charge in [0.1, 0.15) is 21.7 Å². The van der Waals surface area contributed by atoms with Crippen molar-refractivity contribution in [3.8, 4) is 6.07 Å². The average molecular weight is 302 g/mol. The van der Waals surface area contributed by atoms with Gasteiger partial charge >= 0.3 is 5.97 Å². The van der Waals surface area contributed by atoms with Crippen LogP contribution in [-0.2, 0) is 14.8 Å². The maximum atomic E-state index is 12.4. The van der Waals surface area contributed by atoms with Crippen molar-refractivity contribution in [2.45, 2.75) is 30.5 Å². The van der Waals surface area contributed by atoms with E-state index in [0.29, 0.717) is 0 Å². The molecule has 104 valence electrons.